The predicted octanol–water partition coefficient (Wildman–Crippen LogP) is 3.02. The Balaban J connectivity index is 1.92. The van der Waals surface area contributed by atoms with E-state index < -0.39 is 17.7 Å². The maximum Gasteiger partial charge on any atom is 0.416 e. The summed E-state index contributed by atoms with van der Waals surface area (Å²) in [7, 11) is 1.29. The van der Waals surface area contributed by atoms with Crippen molar-refractivity contribution < 1.29 is 22.7 Å². The number of hydrogen-bond donors (Lipinski definition) is 0. The number of nitrogens with zero attached hydrogens (tertiary/aromatic N) is 3. The van der Waals surface area contributed by atoms with Gasteiger partial charge >= 0.3 is 12.1 Å². The first-order valence-electron chi connectivity index (χ1n) is 7.38. The number of anilines is 1. The molecule has 1 aromatic heterocycles. The van der Waals surface area contributed by atoms with Gasteiger partial charge in [0.15, 0.2) is 0 Å². The van der Waals surface area contributed by atoms with Crippen molar-refractivity contribution in [2.45, 2.75) is 26.2 Å². The van der Waals surface area contributed by atoms with Gasteiger partial charge in [0.2, 0.25) is 0 Å². The normalized spacial score (nSPS) is 14.0. The lowest BCUT2D eigenvalue weighted by Crippen LogP contribution is -2.22. The van der Waals surface area contributed by atoms with Crippen LogP contribution >= 0.6 is 0 Å². The van der Waals surface area contributed by atoms with E-state index in [9.17, 15) is 18.0 Å². The molecule has 1 aliphatic rings. The number of rotatable bonds is 3. The molecule has 0 radical (unpaired) electrons. The highest BCUT2D eigenvalue weighted by atomic mass is 19.4. The van der Waals surface area contributed by atoms with Gasteiger partial charge < -0.3 is 9.64 Å². The molecule has 0 aliphatic carbocycles. The number of ether oxygens (including phenoxy) is 1. The highest BCUT2D eigenvalue weighted by molar-refractivity contribution is 5.96. The third-order valence-electron chi connectivity index (χ3n) is 4.00. The molecule has 2 aromatic rings. The monoisotopic (exact) mass is 339 g/mol. The minimum atomic E-state index is -4.38. The van der Waals surface area contributed by atoms with Gasteiger partial charge in [-0.25, -0.2) is 9.48 Å². The van der Waals surface area contributed by atoms with Crippen molar-refractivity contribution in [3.63, 3.8) is 0 Å². The Hall–Kier alpha value is -2.51. The summed E-state index contributed by atoms with van der Waals surface area (Å²) in [6.07, 6.45) is -4.38. The van der Waals surface area contributed by atoms with Crippen molar-refractivity contribution in [3.05, 3.63) is 46.6 Å². The second kappa shape index (κ2) is 5.85. The quantitative estimate of drug-likeness (QED) is 0.807. The van der Waals surface area contributed by atoms with Gasteiger partial charge in [0.1, 0.15) is 11.4 Å². The van der Waals surface area contributed by atoms with Crippen molar-refractivity contribution in [2.24, 2.45) is 0 Å². The average Bonchev–Trinajstić information content (AvgIpc) is 3.05. The van der Waals surface area contributed by atoms with E-state index in [-0.39, 0.29) is 6.54 Å². The molecule has 24 heavy (non-hydrogen) atoms. The Morgan fingerprint density at radius 2 is 2.08 bits per heavy atom. The standard InChI is InChI=1S/C16H16F3N3O2/c1-10-13(15(23)24-2)14-21(6-7-22(14)20-10)9-11-4-3-5-12(8-11)16(17,18)19/h3-5,8H,6-7,9H2,1-2H3. The van der Waals surface area contributed by atoms with Crippen LogP contribution in [0.15, 0.2) is 24.3 Å². The molecule has 0 atom stereocenters. The molecule has 0 N–H and O–H groups in total. The SMILES string of the molecule is COC(=O)c1c(C)nn2c1N(Cc1cccc(C(F)(F)F)c1)CC2. The van der Waals surface area contributed by atoms with Gasteiger partial charge in [0, 0.05) is 13.1 Å². The highest BCUT2D eigenvalue weighted by Crippen LogP contribution is 2.32. The number of methoxy groups -OCH3 is 1. The number of hydrogen-bond acceptors (Lipinski definition) is 4. The number of halogens is 3. The van der Waals surface area contributed by atoms with Gasteiger partial charge in [0.25, 0.3) is 0 Å². The van der Waals surface area contributed by atoms with Crippen LogP contribution in [0.5, 0.6) is 0 Å². The molecule has 0 fully saturated rings. The fourth-order valence-corrected chi connectivity index (χ4v) is 2.93. The summed E-state index contributed by atoms with van der Waals surface area (Å²) in [4.78, 5) is 13.8. The number of benzene rings is 1. The topological polar surface area (TPSA) is 47.4 Å². The number of esters is 1. The Bertz CT molecular complexity index is 783. The molecule has 0 spiro atoms. The summed E-state index contributed by atoms with van der Waals surface area (Å²) in [5, 5.41) is 4.30. The van der Waals surface area contributed by atoms with E-state index in [2.05, 4.69) is 5.10 Å². The number of aryl methyl sites for hydroxylation is 1. The van der Waals surface area contributed by atoms with Crippen molar-refractivity contribution in [1.29, 1.82) is 0 Å². The lowest BCUT2D eigenvalue weighted by atomic mass is 10.1. The fourth-order valence-electron chi connectivity index (χ4n) is 2.93. The summed E-state index contributed by atoms with van der Waals surface area (Å²) in [6, 6.07) is 5.20. The van der Waals surface area contributed by atoms with Crippen LogP contribution in [0.3, 0.4) is 0 Å². The van der Waals surface area contributed by atoms with Gasteiger partial charge in [-0.05, 0) is 24.6 Å². The predicted molar refractivity (Wildman–Crippen MR) is 80.8 cm³/mol. The summed E-state index contributed by atoms with van der Waals surface area (Å²) in [6.45, 7) is 3.12. The number of carbonyl (C=O) groups is 1. The van der Waals surface area contributed by atoms with Crippen molar-refractivity contribution in [2.75, 3.05) is 18.6 Å². The molecule has 128 valence electrons. The van der Waals surface area contributed by atoms with E-state index in [0.29, 0.717) is 35.7 Å². The van der Waals surface area contributed by atoms with Crippen molar-refractivity contribution in [3.8, 4) is 0 Å². The Labute approximate surface area is 136 Å². The maximum atomic E-state index is 12.9. The van der Waals surface area contributed by atoms with Crippen molar-refractivity contribution in [1.82, 2.24) is 9.78 Å². The molecule has 5 nitrogen and oxygen atoms in total. The Kier molecular flexibility index (Phi) is 3.98. The zero-order valence-electron chi connectivity index (χ0n) is 13.2. The van der Waals surface area contributed by atoms with E-state index in [0.717, 1.165) is 12.1 Å². The van der Waals surface area contributed by atoms with E-state index in [1.165, 1.54) is 13.2 Å². The Morgan fingerprint density at radius 1 is 1.33 bits per heavy atom. The van der Waals surface area contributed by atoms with Gasteiger partial charge in [0.05, 0.1) is 24.9 Å². The zero-order chi connectivity index (χ0) is 17.5. The third kappa shape index (κ3) is 2.83. The molecule has 0 bridgehead atoms. The van der Waals surface area contributed by atoms with Crippen LogP contribution in [-0.4, -0.2) is 29.4 Å². The van der Waals surface area contributed by atoms with Crippen LogP contribution in [0, 0.1) is 6.92 Å². The lowest BCUT2D eigenvalue weighted by Gasteiger charge is -2.19. The summed E-state index contributed by atoms with van der Waals surface area (Å²) in [5.74, 6) is 0.0986. The molecule has 0 saturated heterocycles. The van der Waals surface area contributed by atoms with Gasteiger partial charge in [-0.2, -0.15) is 18.3 Å². The lowest BCUT2D eigenvalue weighted by molar-refractivity contribution is -0.137. The van der Waals surface area contributed by atoms with Gasteiger partial charge in [-0.15, -0.1) is 0 Å². The smallest absolute Gasteiger partial charge is 0.416 e. The number of alkyl halides is 3. The van der Waals surface area contributed by atoms with Crippen molar-refractivity contribution >= 4 is 11.8 Å². The van der Waals surface area contributed by atoms with Crippen LogP contribution in [0.25, 0.3) is 0 Å². The van der Waals surface area contributed by atoms with Crippen LogP contribution in [-0.2, 0) is 24.0 Å². The van der Waals surface area contributed by atoms with Gasteiger partial charge in [-0.1, -0.05) is 12.1 Å². The second-order valence-corrected chi connectivity index (χ2v) is 5.62. The largest absolute Gasteiger partial charge is 0.465 e. The third-order valence-corrected chi connectivity index (χ3v) is 4.00. The van der Waals surface area contributed by atoms with Gasteiger partial charge in [-0.3, -0.25) is 0 Å². The molecule has 3 rings (SSSR count). The fraction of sp³-hybridized carbons (Fsp3) is 0.375. The molecular formula is C16H16F3N3O2. The summed E-state index contributed by atoms with van der Waals surface area (Å²) < 4.78 is 45.0. The molecule has 1 aliphatic heterocycles. The van der Waals surface area contributed by atoms with E-state index in [4.69, 9.17) is 4.74 Å². The molecule has 8 heteroatoms. The second-order valence-electron chi connectivity index (χ2n) is 5.62. The zero-order valence-corrected chi connectivity index (χ0v) is 13.2. The highest BCUT2D eigenvalue weighted by Gasteiger charge is 2.32. The maximum absolute atomic E-state index is 12.9. The average molecular weight is 339 g/mol. The Morgan fingerprint density at radius 3 is 2.75 bits per heavy atom. The summed E-state index contributed by atoms with van der Waals surface area (Å²) >= 11 is 0. The molecule has 1 aromatic carbocycles. The molecular weight excluding hydrogens is 323 g/mol. The molecule has 0 unspecified atom stereocenters. The minimum Gasteiger partial charge on any atom is -0.465 e. The van der Waals surface area contributed by atoms with E-state index >= 15 is 0 Å². The number of carbonyl (C=O) groups excluding carboxylic acids is 1. The van der Waals surface area contributed by atoms with E-state index in [1.807, 2.05) is 4.90 Å². The van der Waals surface area contributed by atoms with Crippen LogP contribution in [0.4, 0.5) is 19.0 Å². The summed E-state index contributed by atoms with van der Waals surface area (Å²) in [5.41, 5.74) is 0.748. The van der Waals surface area contributed by atoms with E-state index in [1.54, 1.807) is 17.7 Å². The molecule has 0 saturated carbocycles. The van der Waals surface area contributed by atoms with Crippen LogP contribution in [0.2, 0.25) is 0 Å². The molecule has 2 heterocycles. The first-order chi connectivity index (χ1) is 11.3. The number of fused-ring (bicyclic) bond motifs is 1. The first-order valence-corrected chi connectivity index (χ1v) is 7.38. The minimum absolute atomic E-state index is 0.263. The first kappa shape index (κ1) is 16.4. The van der Waals surface area contributed by atoms with Crippen LogP contribution < -0.4 is 4.90 Å². The number of aromatic nitrogens is 2. The van der Waals surface area contributed by atoms with Crippen LogP contribution in [0.1, 0.15) is 27.2 Å². The molecule has 0 amide bonds.